The van der Waals surface area contributed by atoms with Crippen molar-refractivity contribution in [2.75, 3.05) is 20.3 Å². The van der Waals surface area contributed by atoms with Gasteiger partial charge in [-0.1, -0.05) is 6.92 Å². The Morgan fingerprint density at radius 2 is 2.29 bits per heavy atom. The van der Waals surface area contributed by atoms with E-state index in [0.29, 0.717) is 13.2 Å². The third-order valence-corrected chi connectivity index (χ3v) is 4.32. The van der Waals surface area contributed by atoms with Gasteiger partial charge in [0.05, 0.1) is 15.3 Å². The molecule has 0 fully saturated rings. The highest BCUT2D eigenvalue weighted by Gasteiger charge is 2.21. The van der Waals surface area contributed by atoms with Crippen LogP contribution in [-0.2, 0) is 4.74 Å². The zero-order valence-electron chi connectivity index (χ0n) is 10.4. The highest BCUT2D eigenvalue weighted by atomic mass is 79.9. The maximum Gasteiger partial charge on any atom is 0.264 e. The van der Waals surface area contributed by atoms with Crippen LogP contribution in [0, 0.1) is 0 Å². The molecule has 1 rings (SSSR count). The molecule has 0 aliphatic rings. The van der Waals surface area contributed by atoms with Gasteiger partial charge in [0.1, 0.15) is 0 Å². The van der Waals surface area contributed by atoms with Crippen molar-refractivity contribution in [1.29, 1.82) is 0 Å². The maximum absolute atomic E-state index is 12.3. The maximum atomic E-state index is 12.3. The third-order valence-electron chi connectivity index (χ3n) is 2.70. The molecule has 1 amide bonds. The van der Waals surface area contributed by atoms with E-state index >= 15 is 0 Å². The van der Waals surface area contributed by atoms with E-state index in [0.717, 1.165) is 15.1 Å². The van der Waals surface area contributed by atoms with Gasteiger partial charge < -0.3 is 9.64 Å². The minimum Gasteiger partial charge on any atom is -0.383 e. The molecule has 1 unspecified atom stereocenters. The number of carbonyl (C=O) groups excluding carboxylic acids is 1. The normalized spacial score (nSPS) is 12.5. The molecule has 96 valence electrons. The van der Waals surface area contributed by atoms with Crippen LogP contribution in [0.3, 0.4) is 0 Å². The monoisotopic (exact) mass is 319 g/mol. The fourth-order valence-corrected chi connectivity index (χ4v) is 2.85. The number of hydrogen-bond donors (Lipinski definition) is 0. The fraction of sp³-hybridized carbons (Fsp3) is 0.583. The molecule has 1 atom stereocenters. The van der Waals surface area contributed by atoms with Gasteiger partial charge in [0.25, 0.3) is 5.91 Å². The molecule has 0 bridgehead atoms. The van der Waals surface area contributed by atoms with E-state index in [9.17, 15) is 4.79 Å². The van der Waals surface area contributed by atoms with Crippen molar-refractivity contribution in [3.63, 3.8) is 0 Å². The summed E-state index contributed by atoms with van der Waals surface area (Å²) in [6.45, 7) is 5.36. The molecule has 5 heteroatoms. The Hall–Kier alpha value is -0.390. The van der Waals surface area contributed by atoms with E-state index in [4.69, 9.17) is 4.74 Å². The van der Waals surface area contributed by atoms with Crippen LogP contribution in [0.2, 0.25) is 0 Å². The summed E-state index contributed by atoms with van der Waals surface area (Å²) in [4.78, 5) is 15.0. The number of rotatable bonds is 6. The summed E-state index contributed by atoms with van der Waals surface area (Å²) in [5.74, 6) is 0.0899. The Morgan fingerprint density at radius 3 is 2.76 bits per heavy atom. The zero-order chi connectivity index (χ0) is 12.8. The first-order valence-corrected chi connectivity index (χ1v) is 7.26. The van der Waals surface area contributed by atoms with Crippen LogP contribution < -0.4 is 0 Å². The lowest BCUT2D eigenvalue weighted by atomic mass is 10.2. The molecule has 0 saturated carbocycles. The van der Waals surface area contributed by atoms with Gasteiger partial charge in [-0.15, -0.1) is 11.3 Å². The number of carbonyl (C=O) groups is 1. The van der Waals surface area contributed by atoms with Gasteiger partial charge in [0.15, 0.2) is 0 Å². The molecular weight excluding hydrogens is 302 g/mol. The molecule has 0 aliphatic carbocycles. The number of nitrogens with zero attached hydrogens (tertiary/aromatic N) is 1. The molecule has 0 spiro atoms. The van der Waals surface area contributed by atoms with Crippen LogP contribution >= 0.6 is 27.3 Å². The van der Waals surface area contributed by atoms with Gasteiger partial charge in [-0.3, -0.25) is 4.79 Å². The molecule has 1 aromatic heterocycles. The van der Waals surface area contributed by atoms with Crippen molar-refractivity contribution in [3.05, 3.63) is 20.8 Å². The molecule has 0 aromatic carbocycles. The van der Waals surface area contributed by atoms with Crippen molar-refractivity contribution in [2.45, 2.75) is 26.3 Å². The summed E-state index contributed by atoms with van der Waals surface area (Å²) < 4.78 is 6.04. The lowest BCUT2D eigenvalue weighted by Crippen LogP contribution is -2.40. The van der Waals surface area contributed by atoms with E-state index in [1.165, 1.54) is 11.3 Å². The summed E-state index contributed by atoms with van der Waals surface area (Å²) in [5, 5.41) is 0. The van der Waals surface area contributed by atoms with Gasteiger partial charge in [-0.2, -0.15) is 0 Å². The Labute approximate surface area is 115 Å². The average Bonchev–Trinajstić information content (AvgIpc) is 2.75. The van der Waals surface area contributed by atoms with Crippen LogP contribution in [0.4, 0.5) is 0 Å². The molecule has 1 heterocycles. The number of ether oxygens (including phenoxy) is 1. The minimum absolute atomic E-state index is 0.0899. The lowest BCUT2D eigenvalue weighted by Gasteiger charge is -2.27. The Kier molecular flexibility index (Phi) is 6.16. The van der Waals surface area contributed by atoms with Crippen LogP contribution in [0.5, 0.6) is 0 Å². The molecule has 3 nitrogen and oxygen atoms in total. The average molecular weight is 320 g/mol. The van der Waals surface area contributed by atoms with Crippen molar-refractivity contribution in [3.8, 4) is 0 Å². The highest BCUT2D eigenvalue weighted by Crippen LogP contribution is 2.24. The van der Waals surface area contributed by atoms with Gasteiger partial charge in [-0.25, -0.2) is 0 Å². The first kappa shape index (κ1) is 14.7. The van der Waals surface area contributed by atoms with Gasteiger partial charge >= 0.3 is 0 Å². The lowest BCUT2D eigenvalue weighted by molar-refractivity contribution is 0.0619. The largest absolute Gasteiger partial charge is 0.383 e. The summed E-state index contributed by atoms with van der Waals surface area (Å²) in [7, 11) is 1.65. The topological polar surface area (TPSA) is 29.5 Å². The third kappa shape index (κ3) is 4.08. The smallest absolute Gasteiger partial charge is 0.264 e. The summed E-state index contributed by atoms with van der Waals surface area (Å²) >= 11 is 4.85. The first-order valence-electron chi connectivity index (χ1n) is 5.65. The zero-order valence-corrected chi connectivity index (χ0v) is 12.8. The van der Waals surface area contributed by atoms with E-state index in [1.54, 1.807) is 7.11 Å². The molecule has 17 heavy (non-hydrogen) atoms. The predicted molar refractivity (Wildman–Crippen MR) is 74.7 cm³/mol. The molecule has 0 aliphatic heterocycles. The van der Waals surface area contributed by atoms with E-state index in [2.05, 4.69) is 29.8 Å². The second kappa shape index (κ2) is 7.13. The number of methoxy groups -OCH3 is 1. The quantitative estimate of drug-likeness (QED) is 0.804. The molecular formula is C12H18BrNO2S. The van der Waals surface area contributed by atoms with Crippen LogP contribution in [0.15, 0.2) is 15.9 Å². The number of hydrogen-bond acceptors (Lipinski definition) is 3. The Bertz CT molecular complexity index is 367. The molecule has 0 saturated heterocycles. The fourth-order valence-electron chi connectivity index (χ4n) is 1.50. The van der Waals surface area contributed by atoms with Crippen molar-refractivity contribution in [2.24, 2.45) is 0 Å². The van der Waals surface area contributed by atoms with Crippen LogP contribution in [-0.4, -0.2) is 37.1 Å². The standard InChI is InChI=1S/C12H18BrNO2S/c1-4-9(2)14(7-8-16-3)12(15)10-5-6-11(13)17-10/h5-6,9H,4,7-8H2,1-3H3. The summed E-state index contributed by atoms with van der Waals surface area (Å²) in [6, 6.07) is 4.00. The van der Waals surface area contributed by atoms with Crippen LogP contribution in [0.25, 0.3) is 0 Å². The predicted octanol–water partition coefficient (Wildman–Crippen LogP) is 3.40. The van der Waals surface area contributed by atoms with E-state index in [-0.39, 0.29) is 11.9 Å². The Balaban J connectivity index is 2.78. The van der Waals surface area contributed by atoms with Crippen LogP contribution in [0.1, 0.15) is 29.9 Å². The SMILES string of the molecule is CCC(C)N(CCOC)C(=O)c1ccc(Br)s1. The number of halogens is 1. The summed E-state index contributed by atoms with van der Waals surface area (Å²) in [6.07, 6.45) is 0.946. The molecule has 0 radical (unpaired) electrons. The Morgan fingerprint density at radius 1 is 1.59 bits per heavy atom. The minimum atomic E-state index is 0.0899. The summed E-state index contributed by atoms with van der Waals surface area (Å²) in [5.41, 5.74) is 0. The number of thiophene rings is 1. The second-order valence-electron chi connectivity index (χ2n) is 3.85. The molecule has 0 N–H and O–H groups in total. The first-order chi connectivity index (χ1) is 8.10. The van der Waals surface area contributed by atoms with E-state index < -0.39 is 0 Å². The molecule has 1 aromatic rings. The second-order valence-corrected chi connectivity index (χ2v) is 6.32. The van der Waals surface area contributed by atoms with Gasteiger partial charge in [0.2, 0.25) is 0 Å². The van der Waals surface area contributed by atoms with Crippen molar-refractivity contribution >= 4 is 33.2 Å². The van der Waals surface area contributed by atoms with E-state index in [1.807, 2.05) is 17.0 Å². The van der Waals surface area contributed by atoms with Gasteiger partial charge in [-0.05, 0) is 41.4 Å². The van der Waals surface area contributed by atoms with Gasteiger partial charge in [0, 0.05) is 19.7 Å². The highest BCUT2D eigenvalue weighted by molar-refractivity contribution is 9.11. The number of amides is 1. The van der Waals surface area contributed by atoms with Crippen molar-refractivity contribution < 1.29 is 9.53 Å². The van der Waals surface area contributed by atoms with Crippen molar-refractivity contribution in [1.82, 2.24) is 4.90 Å².